The summed E-state index contributed by atoms with van der Waals surface area (Å²) >= 11 is 0. The lowest BCUT2D eigenvalue weighted by atomic mass is 9.78. The van der Waals surface area contributed by atoms with Crippen molar-refractivity contribution >= 4 is 18.3 Å². The zero-order valence-electron chi connectivity index (χ0n) is 14.6. The third-order valence-electron chi connectivity index (χ3n) is 5.32. The molecule has 2 heterocycles. The summed E-state index contributed by atoms with van der Waals surface area (Å²) < 4.78 is 12.3. The Morgan fingerprint density at radius 2 is 1.61 bits per heavy atom. The molecule has 1 aromatic carbocycles. The predicted molar refractivity (Wildman–Crippen MR) is 92.9 cm³/mol. The van der Waals surface area contributed by atoms with E-state index < -0.39 is 7.12 Å². The third-order valence-corrected chi connectivity index (χ3v) is 5.32. The van der Waals surface area contributed by atoms with Crippen LogP contribution in [0.5, 0.6) is 0 Å². The van der Waals surface area contributed by atoms with Crippen molar-refractivity contribution in [1.82, 2.24) is 0 Å². The molecule has 23 heavy (non-hydrogen) atoms. The van der Waals surface area contributed by atoms with Crippen LogP contribution in [0.15, 0.2) is 18.2 Å². The second-order valence-electron chi connectivity index (χ2n) is 7.56. The fourth-order valence-electron chi connectivity index (χ4n) is 3.15. The maximum Gasteiger partial charge on any atom is 0.494 e. The van der Waals surface area contributed by atoms with Gasteiger partial charge in [0.15, 0.2) is 0 Å². The molecule has 0 radical (unpaired) electrons. The van der Waals surface area contributed by atoms with Gasteiger partial charge in [-0.15, -0.1) is 0 Å². The van der Waals surface area contributed by atoms with Gasteiger partial charge in [-0.1, -0.05) is 0 Å². The van der Waals surface area contributed by atoms with E-state index in [1.54, 1.807) is 0 Å². The molecule has 3 rings (SSSR count). The summed E-state index contributed by atoms with van der Waals surface area (Å²) in [6, 6.07) is 8.25. The lowest BCUT2D eigenvalue weighted by Crippen LogP contribution is -2.41. The molecule has 122 valence electrons. The minimum absolute atomic E-state index is 0.369. The van der Waals surface area contributed by atoms with Gasteiger partial charge in [0.1, 0.15) is 0 Å². The first kappa shape index (κ1) is 16.4. The first-order valence-corrected chi connectivity index (χ1v) is 8.48. The van der Waals surface area contributed by atoms with Gasteiger partial charge < -0.3 is 14.2 Å². The number of hydrogen-bond donors (Lipinski definition) is 0. The Balaban J connectivity index is 1.92. The average molecular weight is 312 g/mol. The fraction of sp³-hybridized carbons (Fsp3) is 0.611. The van der Waals surface area contributed by atoms with Crippen molar-refractivity contribution in [1.29, 1.82) is 5.26 Å². The summed E-state index contributed by atoms with van der Waals surface area (Å²) in [5.41, 5.74) is 1.96. The SMILES string of the molecule is CC1(C)OB(c2cc(C#N)cc(N3CCCCC3)c2)OC1(C)C. The van der Waals surface area contributed by atoms with Gasteiger partial charge in [0.25, 0.3) is 0 Å². The van der Waals surface area contributed by atoms with Crippen LogP contribution >= 0.6 is 0 Å². The summed E-state index contributed by atoms with van der Waals surface area (Å²) in [4.78, 5) is 2.36. The third kappa shape index (κ3) is 3.11. The maximum atomic E-state index is 9.38. The van der Waals surface area contributed by atoms with E-state index in [-0.39, 0.29) is 11.2 Å². The summed E-state index contributed by atoms with van der Waals surface area (Å²) in [6.45, 7) is 10.3. The first-order chi connectivity index (χ1) is 10.8. The topological polar surface area (TPSA) is 45.5 Å². The number of benzene rings is 1. The molecule has 2 aliphatic rings. The average Bonchev–Trinajstić information content (AvgIpc) is 2.76. The molecule has 2 fully saturated rings. The quantitative estimate of drug-likeness (QED) is 0.788. The Morgan fingerprint density at radius 1 is 1.00 bits per heavy atom. The first-order valence-electron chi connectivity index (χ1n) is 8.48. The van der Waals surface area contributed by atoms with Gasteiger partial charge in [0.05, 0.1) is 22.8 Å². The predicted octanol–water partition coefficient (Wildman–Crippen LogP) is 2.85. The van der Waals surface area contributed by atoms with Gasteiger partial charge in [0.2, 0.25) is 0 Å². The molecule has 0 amide bonds. The normalized spacial score (nSPS) is 22.9. The van der Waals surface area contributed by atoms with Gasteiger partial charge >= 0.3 is 7.12 Å². The molecule has 0 atom stereocenters. The number of nitrogens with zero attached hydrogens (tertiary/aromatic N) is 2. The summed E-state index contributed by atoms with van der Waals surface area (Å²) in [5, 5.41) is 9.38. The Labute approximate surface area is 139 Å². The molecule has 0 saturated carbocycles. The van der Waals surface area contributed by atoms with Crippen LogP contribution in [0.1, 0.15) is 52.5 Å². The van der Waals surface area contributed by atoms with Crippen LogP contribution < -0.4 is 10.4 Å². The van der Waals surface area contributed by atoms with Crippen molar-refractivity contribution in [2.75, 3.05) is 18.0 Å². The molecular formula is C18H25BN2O2. The molecule has 4 nitrogen and oxygen atoms in total. The van der Waals surface area contributed by atoms with E-state index in [0.29, 0.717) is 5.56 Å². The highest BCUT2D eigenvalue weighted by atomic mass is 16.7. The molecule has 0 aromatic heterocycles. The van der Waals surface area contributed by atoms with Crippen LogP contribution in [0.4, 0.5) is 5.69 Å². The maximum absolute atomic E-state index is 9.38. The lowest BCUT2D eigenvalue weighted by molar-refractivity contribution is 0.00578. The molecular weight excluding hydrogens is 287 g/mol. The van der Waals surface area contributed by atoms with Crippen molar-refractivity contribution in [3.8, 4) is 6.07 Å². The summed E-state index contributed by atoms with van der Waals surface area (Å²) in [6.07, 6.45) is 3.71. The zero-order valence-corrected chi connectivity index (χ0v) is 14.6. The van der Waals surface area contributed by atoms with Crippen molar-refractivity contribution < 1.29 is 9.31 Å². The van der Waals surface area contributed by atoms with E-state index in [0.717, 1.165) is 24.2 Å². The lowest BCUT2D eigenvalue weighted by Gasteiger charge is -2.32. The Hall–Kier alpha value is -1.51. The Kier molecular flexibility index (Phi) is 4.16. The molecule has 0 unspecified atom stereocenters. The molecule has 1 aromatic rings. The van der Waals surface area contributed by atoms with Gasteiger partial charge in [-0.25, -0.2) is 0 Å². The highest BCUT2D eigenvalue weighted by Crippen LogP contribution is 2.36. The standard InChI is InChI=1S/C18H25BN2O2/c1-17(2)18(3,4)23-19(22-17)15-10-14(13-20)11-16(12-15)21-8-6-5-7-9-21/h10-12H,5-9H2,1-4H3. The van der Waals surface area contributed by atoms with Crippen molar-refractivity contribution in [3.63, 3.8) is 0 Å². The van der Waals surface area contributed by atoms with E-state index >= 15 is 0 Å². The highest BCUT2D eigenvalue weighted by Gasteiger charge is 2.51. The van der Waals surface area contributed by atoms with E-state index in [4.69, 9.17) is 9.31 Å². The largest absolute Gasteiger partial charge is 0.494 e. The van der Waals surface area contributed by atoms with Gasteiger partial charge in [-0.05, 0) is 70.6 Å². The number of nitriles is 1. The van der Waals surface area contributed by atoms with Crippen LogP contribution in [0.2, 0.25) is 0 Å². The smallest absolute Gasteiger partial charge is 0.399 e. The highest BCUT2D eigenvalue weighted by molar-refractivity contribution is 6.62. The Morgan fingerprint density at radius 3 is 2.17 bits per heavy atom. The number of anilines is 1. The second kappa shape index (κ2) is 5.85. The minimum atomic E-state index is -0.420. The molecule has 0 aliphatic carbocycles. The summed E-state index contributed by atoms with van der Waals surface area (Å²) in [5.74, 6) is 0. The molecule has 2 aliphatic heterocycles. The van der Waals surface area contributed by atoms with Crippen LogP contribution in [-0.2, 0) is 9.31 Å². The van der Waals surface area contributed by atoms with Gasteiger partial charge in [-0.3, -0.25) is 0 Å². The van der Waals surface area contributed by atoms with E-state index in [1.807, 2.05) is 39.8 Å². The van der Waals surface area contributed by atoms with Gasteiger partial charge in [0, 0.05) is 18.8 Å². The van der Waals surface area contributed by atoms with Crippen molar-refractivity contribution in [2.45, 2.75) is 58.2 Å². The molecule has 2 saturated heterocycles. The van der Waals surface area contributed by atoms with Crippen LogP contribution in [0, 0.1) is 11.3 Å². The second-order valence-corrected chi connectivity index (χ2v) is 7.56. The van der Waals surface area contributed by atoms with Crippen LogP contribution in [0.25, 0.3) is 0 Å². The van der Waals surface area contributed by atoms with E-state index in [9.17, 15) is 5.26 Å². The number of rotatable bonds is 2. The van der Waals surface area contributed by atoms with E-state index in [1.165, 1.54) is 19.3 Å². The van der Waals surface area contributed by atoms with Crippen LogP contribution in [0.3, 0.4) is 0 Å². The number of hydrogen-bond acceptors (Lipinski definition) is 4. The molecule has 0 spiro atoms. The number of piperidine rings is 1. The monoisotopic (exact) mass is 312 g/mol. The van der Waals surface area contributed by atoms with E-state index in [2.05, 4.69) is 17.0 Å². The molecule has 5 heteroatoms. The van der Waals surface area contributed by atoms with Crippen LogP contribution in [-0.4, -0.2) is 31.4 Å². The van der Waals surface area contributed by atoms with Gasteiger partial charge in [-0.2, -0.15) is 5.26 Å². The van der Waals surface area contributed by atoms with Crippen molar-refractivity contribution in [3.05, 3.63) is 23.8 Å². The molecule has 0 N–H and O–H groups in total. The molecule has 0 bridgehead atoms. The Bertz CT molecular complexity index is 614. The summed E-state index contributed by atoms with van der Waals surface area (Å²) in [7, 11) is -0.420. The fourth-order valence-corrected chi connectivity index (χ4v) is 3.15. The van der Waals surface area contributed by atoms with Crippen molar-refractivity contribution in [2.24, 2.45) is 0 Å². The zero-order chi connectivity index (χ0) is 16.7. The minimum Gasteiger partial charge on any atom is -0.399 e.